The zero-order valence-corrected chi connectivity index (χ0v) is 10.2. The van der Waals surface area contributed by atoms with E-state index in [1.807, 2.05) is 0 Å². The molecule has 2 atom stereocenters. The molecule has 0 unspecified atom stereocenters. The van der Waals surface area contributed by atoms with E-state index in [4.69, 9.17) is 11.6 Å². The fourth-order valence-corrected chi connectivity index (χ4v) is 2.45. The summed E-state index contributed by atoms with van der Waals surface area (Å²) in [6, 6.07) is 2.88. The zero-order chi connectivity index (χ0) is 12.4. The zero-order valence-electron chi connectivity index (χ0n) is 9.47. The highest BCUT2D eigenvalue weighted by atomic mass is 35.5. The summed E-state index contributed by atoms with van der Waals surface area (Å²) in [4.78, 5) is 10.6. The summed E-state index contributed by atoms with van der Waals surface area (Å²) in [5.41, 5.74) is 1.39. The Bertz CT molecular complexity index is 439. The van der Waals surface area contributed by atoms with Crippen LogP contribution in [0, 0.1) is 11.7 Å². The second kappa shape index (κ2) is 5.02. The number of amides is 1. The summed E-state index contributed by atoms with van der Waals surface area (Å²) >= 11 is 5.72. The van der Waals surface area contributed by atoms with Crippen molar-refractivity contribution >= 4 is 23.7 Å². The lowest BCUT2D eigenvalue weighted by Gasteiger charge is -2.18. The van der Waals surface area contributed by atoms with Crippen LogP contribution in [-0.4, -0.2) is 19.5 Å². The smallest absolute Gasteiger partial charge is 0.211 e. The maximum Gasteiger partial charge on any atom is 0.211 e. The normalized spacial score (nSPS) is 23.7. The number of hydrogen-bond acceptors (Lipinski definition) is 2. The van der Waals surface area contributed by atoms with Crippen molar-refractivity contribution in [1.82, 2.24) is 5.32 Å². The maximum absolute atomic E-state index is 13.5. The highest BCUT2D eigenvalue weighted by Crippen LogP contribution is 2.35. The van der Waals surface area contributed by atoms with Gasteiger partial charge in [0.2, 0.25) is 6.41 Å². The molecule has 0 radical (unpaired) electrons. The van der Waals surface area contributed by atoms with Gasteiger partial charge >= 0.3 is 0 Å². The first-order chi connectivity index (χ1) is 8.13. The van der Waals surface area contributed by atoms with Gasteiger partial charge in [-0.3, -0.25) is 4.79 Å². The highest BCUT2D eigenvalue weighted by molar-refractivity contribution is 6.31. The summed E-state index contributed by atoms with van der Waals surface area (Å²) in [5.74, 6) is 0.157. The van der Waals surface area contributed by atoms with Crippen LogP contribution in [0.15, 0.2) is 12.1 Å². The minimum absolute atomic E-state index is 0.0247. The van der Waals surface area contributed by atoms with Crippen molar-refractivity contribution in [2.75, 3.05) is 18.4 Å². The number of carbonyl (C=O) groups excluding carboxylic acids is 1. The molecule has 1 aliphatic rings. The predicted octanol–water partition coefficient (Wildman–Crippen LogP) is 2.37. The van der Waals surface area contributed by atoms with Gasteiger partial charge < -0.3 is 10.6 Å². The summed E-state index contributed by atoms with van der Waals surface area (Å²) in [5, 5.41) is 5.86. The molecule has 0 saturated carbocycles. The Kier molecular flexibility index (Phi) is 3.64. The van der Waals surface area contributed by atoms with Gasteiger partial charge in [0.05, 0.1) is 5.02 Å². The van der Waals surface area contributed by atoms with Gasteiger partial charge in [0, 0.05) is 18.2 Å². The number of nitrogens with one attached hydrogen (secondary N) is 2. The van der Waals surface area contributed by atoms with E-state index in [0.29, 0.717) is 18.0 Å². The maximum atomic E-state index is 13.5. The van der Waals surface area contributed by atoms with E-state index in [9.17, 15) is 9.18 Å². The van der Waals surface area contributed by atoms with Gasteiger partial charge in [0.15, 0.2) is 0 Å². The molecule has 0 bridgehead atoms. The average molecular weight is 257 g/mol. The molecule has 5 heteroatoms. The van der Waals surface area contributed by atoms with E-state index in [2.05, 4.69) is 17.6 Å². The van der Waals surface area contributed by atoms with E-state index >= 15 is 0 Å². The lowest BCUT2D eigenvalue weighted by molar-refractivity contribution is -0.105. The van der Waals surface area contributed by atoms with Gasteiger partial charge in [0.25, 0.3) is 0 Å². The molecule has 2 rings (SSSR count). The first-order valence-electron chi connectivity index (χ1n) is 5.53. The van der Waals surface area contributed by atoms with E-state index in [-0.39, 0.29) is 10.9 Å². The quantitative estimate of drug-likeness (QED) is 0.816. The van der Waals surface area contributed by atoms with Crippen molar-refractivity contribution in [1.29, 1.82) is 0 Å². The van der Waals surface area contributed by atoms with Gasteiger partial charge in [-0.05, 0) is 30.2 Å². The minimum Gasteiger partial charge on any atom is -0.328 e. The summed E-state index contributed by atoms with van der Waals surface area (Å²) in [6.07, 6.45) is 0.583. The Labute approximate surface area is 104 Å². The molecule has 0 spiro atoms. The number of halogens is 2. The highest BCUT2D eigenvalue weighted by Gasteiger charge is 2.27. The van der Waals surface area contributed by atoms with Crippen molar-refractivity contribution in [3.8, 4) is 0 Å². The van der Waals surface area contributed by atoms with Crippen LogP contribution in [0.4, 0.5) is 10.1 Å². The van der Waals surface area contributed by atoms with Crippen molar-refractivity contribution < 1.29 is 9.18 Å². The second-order valence-electron chi connectivity index (χ2n) is 4.36. The second-order valence-corrected chi connectivity index (χ2v) is 4.76. The minimum atomic E-state index is -0.447. The van der Waals surface area contributed by atoms with Crippen LogP contribution in [-0.2, 0) is 4.79 Å². The molecule has 1 aromatic rings. The largest absolute Gasteiger partial charge is 0.328 e. The molecule has 1 amide bonds. The van der Waals surface area contributed by atoms with Gasteiger partial charge in [-0.2, -0.15) is 0 Å². The number of anilines is 1. The fourth-order valence-electron chi connectivity index (χ4n) is 2.28. The third kappa shape index (κ3) is 2.42. The Morgan fingerprint density at radius 1 is 1.53 bits per heavy atom. The summed E-state index contributed by atoms with van der Waals surface area (Å²) < 4.78 is 13.5. The van der Waals surface area contributed by atoms with E-state index in [1.54, 1.807) is 0 Å². The van der Waals surface area contributed by atoms with E-state index < -0.39 is 5.82 Å². The topological polar surface area (TPSA) is 41.1 Å². The van der Waals surface area contributed by atoms with Crippen LogP contribution < -0.4 is 10.6 Å². The molecule has 0 aromatic heterocycles. The fraction of sp³-hybridized carbons (Fsp3) is 0.417. The Morgan fingerprint density at radius 2 is 2.29 bits per heavy atom. The Hall–Kier alpha value is -1.13. The SMILES string of the molecule is C[C@H]1CNC[C@H]1c1cc(F)c(Cl)cc1NC=O. The molecule has 1 aromatic carbocycles. The van der Waals surface area contributed by atoms with Crippen molar-refractivity contribution in [2.45, 2.75) is 12.8 Å². The van der Waals surface area contributed by atoms with Crippen molar-refractivity contribution in [2.24, 2.45) is 5.92 Å². The first-order valence-corrected chi connectivity index (χ1v) is 5.91. The monoisotopic (exact) mass is 256 g/mol. The Morgan fingerprint density at radius 3 is 2.88 bits per heavy atom. The molecule has 3 nitrogen and oxygen atoms in total. The molecule has 1 heterocycles. The van der Waals surface area contributed by atoms with Crippen molar-refractivity contribution in [3.05, 3.63) is 28.5 Å². The summed E-state index contributed by atoms with van der Waals surface area (Å²) in [6.45, 7) is 3.78. The lowest BCUT2D eigenvalue weighted by Crippen LogP contribution is -2.11. The van der Waals surface area contributed by atoms with Crippen LogP contribution in [0.1, 0.15) is 18.4 Å². The Balaban J connectivity index is 2.42. The number of hydrogen-bond donors (Lipinski definition) is 2. The number of benzene rings is 1. The van der Waals surface area contributed by atoms with E-state index in [0.717, 1.165) is 18.7 Å². The van der Waals surface area contributed by atoms with E-state index in [1.165, 1.54) is 12.1 Å². The van der Waals surface area contributed by atoms with Gasteiger partial charge in [-0.1, -0.05) is 18.5 Å². The lowest BCUT2D eigenvalue weighted by atomic mass is 9.89. The third-order valence-corrected chi connectivity index (χ3v) is 3.51. The number of rotatable bonds is 3. The molecular formula is C12H14ClFN2O. The summed E-state index contributed by atoms with van der Waals surface area (Å²) in [7, 11) is 0. The molecular weight excluding hydrogens is 243 g/mol. The molecule has 1 saturated heterocycles. The van der Waals surface area contributed by atoms with Gasteiger partial charge in [-0.15, -0.1) is 0 Å². The number of carbonyl (C=O) groups is 1. The van der Waals surface area contributed by atoms with Crippen LogP contribution in [0.25, 0.3) is 0 Å². The molecule has 17 heavy (non-hydrogen) atoms. The molecule has 92 valence electrons. The molecule has 2 N–H and O–H groups in total. The van der Waals surface area contributed by atoms with Crippen LogP contribution in [0.3, 0.4) is 0 Å². The standard InChI is InChI=1S/C12H14ClFN2O/c1-7-4-15-5-9(7)8-2-11(14)10(13)3-12(8)16-6-17/h2-3,6-7,9,15H,4-5H2,1H3,(H,16,17)/t7-,9+/m0/s1. The van der Waals surface area contributed by atoms with Crippen LogP contribution in [0.2, 0.25) is 5.02 Å². The third-order valence-electron chi connectivity index (χ3n) is 3.22. The first kappa shape index (κ1) is 12.3. The van der Waals surface area contributed by atoms with Crippen LogP contribution >= 0.6 is 11.6 Å². The predicted molar refractivity (Wildman–Crippen MR) is 65.9 cm³/mol. The molecule has 1 aliphatic heterocycles. The van der Waals surface area contributed by atoms with Crippen LogP contribution in [0.5, 0.6) is 0 Å². The van der Waals surface area contributed by atoms with Gasteiger partial charge in [0.1, 0.15) is 5.82 Å². The van der Waals surface area contributed by atoms with Crippen molar-refractivity contribution in [3.63, 3.8) is 0 Å². The molecule has 0 aliphatic carbocycles. The average Bonchev–Trinajstić information content (AvgIpc) is 2.70. The van der Waals surface area contributed by atoms with Gasteiger partial charge in [-0.25, -0.2) is 4.39 Å². The molecule has 1 fully saturated rings.